The van der Waals surface area contributed by atoms with E-state index in [1.54, 1.807) is 19.3 Å². The first kappa shape index (κ1) is 12.2. The number of anilines is 1. The standard InChI is InChI=1S/C14H16N2O2/c1-2-18-14(17)12-9-16(10-13(12)15)8-11-6-4-3-5-7-11/h3-7,9-10H,2,8,15H2,1H3. The van der Waals surface area contributed by atoms with E-state index < -0.39 is 0 Å². The molecule has 1 aromatic heterocycles. The molecule has 2 rings (SSSR count). The second kappa shape index (κ2) is 5.40. The summed E-state index contributed by atoms with van der Waals surface area (Å²) >= 11 is 0. The van der Waals surface area contributed by atoms with Gasteiger partial charge in [-0.15, -0.1) is 0 Å². The highest BCUT2D eigenvalue weighted by Gasteiger charge is 2.13. The largest absolute Gasteiger partial charge is 0.462 e. The van der Waals surface area contributed by atoms with Crippen LogP contribution in [0.3, 0.4) is 0 Å². The lowest BCUT2D eigenvalue weighted by molar-refractivity contribution is 0.0527. The van der Waals surface area contributed by atoms with Crippen LogP contribution in [0.25, 0.3) is 0 Å². The Labute approximate surface area is 106 Å². The van der Waals surface area contributed by atoms with Crippen molar-refractivity contribution in [2.24, 2.45) is 0 Å². The van der Waals surface area contributed by atoms with E-state index in [0.717, 1.165) is 5.56 Å². The van der Waals surface area contributed by atoms with Crippen molar-refractivity contribution in [2.75, 3.05) is 12.3 Å². The Bertz CT molecular complexity index is 532. The third kappa shape index (κ3) is 2.71. The third-order valence-corrected chi connectivity index (χ3v) is 2.61. The summed E-state index contributed by atoms with van der Waals surface area (Å²) in [6.45, 7) is 2.81. The molecule has 2 aromatic rings. The molecule has 0 aliphatic carbocycles. The average Bonchev–Trinajstić information content (AvgIpc) is 2.72. The topological polar surface area (TPSA) is 57.2 Å². The lowest BCUT2D eigenvalue weighted by Gasteiger charge is -2.02. The van der Waals surface area contributed by atoms with Crippen molar-refractivity contribution >= 4 is 11.7 Å². The van der Waals surface area contributed by atoms with Crippen LogP contribution >= 0.6 is 0 Å². The van der Waals surface area contributed by atoms with Gasteiger partial charge in [0, 0.05) is 18.9 Å². The van der Waals surface area contributed by atoms with Crippen LogP contribution in [0, 0.1) is 0 Å². The Morgan fingerprint density at radius 2 is 2.00 bits per heavy atom. The first-order valence-electron chi connectivity index (χ1n) is 5.87. The van der Waals surface area contributed by atoms with Crippen LogP contribution in [-0.2, 0) is 11.3 Å². The van der Waals surface area contributed by atoms with E-state index in [1.807, 2.05) is 34.9 Å². The number of benzene rings is 1. The van der Waals surface area contributed by atoms with Gasteiger partial charge in [0.15, 0.2) is 0 Å². The molecule has 0 bridgehead atoms. The Kier molecular flexibility index (Phi) is 3.67. The molecule has 0 aliphatic heterocycles. The molecule has 0 saturated carbocycles. The second-order valence-electron chi connectivity index (χ2n) is 4.01. The summed E-state index contributed by atoms with van der Waals surface area (Å²) in [5, 5.41) is 0. The normalized spacial score (nSPS) is 10.3. The van der Waals surface area contributed by atoms with Crippen LogP contribution in [-0.4, -0.2) is 17.1 Å². The van der Waals surface area contributed by atoms with E-state index in [0.29, 0.717) is 24.4 Å². The SMILES string of the molecule is CCOC(=O)c1cn(Cc2ccccc2)cc1N. The van der Waals surface area contributed by atoms with Gasteiger partial charge >= 0.3 is 5.97 Å². The van der Waals surface area contributed by atoms with Crippen molar-refractivity contribution in [3.63, 3.8) is 0 Å². The van der Waals surface area contributed by atoms with Gasteiger partial charge < -0.3 is 15.0 Å². The first-order chi connectivity index (χ1) is 8.70. The molecule has 4 heteroatoms. The average molecular weight is 244 g/mol. The van der Waals surface area contributed by atoms with Crippen molar-refractivity contribution in [2.45, 2.75) is 13.5 Å². The van der Waals surface area contributed by atoms with Crippen molar-refractivity contribution in [1.29, 1.82) is 0 Å². The molecule has 4 nitrogen and oxygen atoms in total. The predicted octanol–water partition coefficient (Wildman–Crippen LogP) is 2.30. The van der Waals surface area contributed by atoms with Gasteiger partial charge in [-0.25, -0.2) is 4.79 Å². The van der Waals surface area contributed by atoms with Crippen LogP contribution in [0.15, 0.2) is 42.7 Å². The summed E-state index contributed by atoms with van der Waals surface area (Å²) in [6, 6.07) is 9.99. The number of nitrogens with zero attached hydrogens (tertiary/aromatic N) is 1. The molecule has 1 heterocycles. The lowest BCUT2D eigenvalue weighted by atomic mass is 10.2. The van der Waals surface area contributed by atoms with Crippen LogP contribution < -0.4 is 5.73 Å². The smallest absolute Gasteiger partial charge is 0.341 e. The molecular formula is C14H16N2O2. The van der Waals surface area contributed by atoms with Gasteiger partial charge in [0.05, 0.1) is 12.3 Å². The molecule has 0 unspecified atom stereocenters. The van der Waals surface area contributed by atoms with Gasteiger partial charge in [-0.1, -0.05) is 30.3 Å². The minimum Gasteiger partial charge on any atom is -0.462 e. The maximum Gasteiger partial charge on any atom is 0.341 e. The van der Waals surface area contributed by atoms with Gasteiger partial charge in [0.2, 0.25) is 0 Å². The molecule has 0 aliphatic rings. The van der Waals surface area contributed by atoms with E-state index in [2.05, 4.69) is 0 Å². The predicted molar refractivity (Wildman–Crippen MR) is 70.3 cm³/mol. The maximum absolute atomic E-state index is 11.6. The first-order valence-corrected chi connectivity index (χ1v) is 5.87. The summed E-state index contributed by atoms with van der Waals surface area (Å²) in [7, 11) is 0. The molecule has 0 fully saturated rings. The fourth-order valence-electron chi connectivity index (χ4n) is 1.79. The maximum atomic E-state index is 11.6. The van der Waals surface area contributed by atoms with Crippen LogP contribution in [0.2, 0.25) is 0 Å². The van der Waals surface area contributed by atoms with Gasteiger partial charge in [0.25, 0.3) is 0 Å². The van der Waals surface area contributed by atoms with Crippen molar-refractivity contribution in [1.82, 2.24) is 4.57 Å². The number of carbonyl (C=O) groups excluding carboxylic acids is 1. The van der Waals surface area contributed by atoms with Gasteiger partial charge in [-0.05, 0) is 12.5 Å². The van der Waals surface area contributed by atoms with E-state index in [4.69, 9.17) is 10.5 Å². The Morgan fingerprint density at radius 1 is 1.28 bits per heavy atom. The zero-order valence-electron chi connectivity index (χ0n) is 10.3. The monoisotopic (exact) mass is 244 g/mol. The van der Waals surface area contributed by atoms with Crippen LogP contribution in [0.5, 0.6) is 0 Å². The minimum atomic E-state index is -0.373. The van der Waals surface area contributed by atoms with E-state index in [-0.39, 0.29) is 5.97 Å². The number of esters is 1. The number of hydrogen-bond acceptors (Lipinski definition) is 3. The Hall–Kier alpha value is -2.23. The summed E-state index contributed by atoms with van der Waals surface area (Å²) in [5.41, 5.74) is 7.83. The van der Waals surface area contributed by atoms with Gasteiger partial charge in [-0.2, -0.15) is 0 Å². The molecule has 0 amide bonds. The zero-order chi connectivity index (χ0) is 13.0. The molecule has 2 N–H and O–H groups in total. The summed E-state index contributed by atoms with van der Waals surface area (Å²) in [5.74, 6) is -0.373. The quantitative estimate of drug-likeness (QED) is 0.839. The lowest BCUT2D eigenvalue weighted by Crippen LogP contribution is -2.05. The molecule has 0 atom stereocenters. The number of nitrogen functional groups attached to an aromatic ring is 1. The number of ether oxygens (including phenoxy) is 1. The molecule has 94 valence electrons. The molecule has 18 heavy (non-hydrogen) atoms. The van der Waals surface area contributed by atoms with E-state index >= 15 is 0 Å². The number of hydrogen-bond donors (Lipinski definition) is 1. The summed E-state index contributed by atoms with van der Waals surface area (Å²) < 4.78 is 6.83. The highest BCUT2D eigenvalue weighted by atomic mass is 16.5. The zero-order valence-corrected chi connectivity index (χ0v) is 10.3. The van der Waals surface area contributed by atoms with Crippen molar-refractivity contribution in [3.05, 3.63) is 53.9 Å². The third-order valence-electron chi connectivity index (χ3n) is 2.61. The number of rotatable bonds is 4. The molecular weight excluding hydrogens is 228 g/mol. The van der Waals surface area contributed by atoms with E-state index in [1.165, 1.54) is 0 Å². The van der Waals surface area contributed by atoms with Crippen LogP contribution in [0.1, 0.15) is 22.8 Å². The van der Waals surface area contributed by atoms with Gasteiger partial charge in [-0.3, -0.25) is 0 Å². The molecule has 0 spiro atoms. The second-order valence-corrected chi connectivity index (χ2v) is 4.01. The summed E-state index contributed by atoms with van der Waals surface area (Å²) in [6.07, 6.45) is 3.47. The minimum absolute atomic E-state index is 0.349. The number of nitrogens with two attached hydrogens (primary N) is 1. The highest BCUT2D eigenvalue weighted by Crippen LogP contribution is 2.15. The van der Waals surface area contributed by atoms with Gasteiger partial charge in [0.1, 0.15) is 5.56 Å². The van der Waals surface area contributed by atoms with E-state index in [9.17, 15) is 4.79 Å². The highest BCUT2D eigenvalue weighted by molar-refractivity contribution is 5.94. The fourth-order valence-corrected chi connectivity index (χ4v) is 1.79. The Balaban J connectivity index is 2.16. The fraction of sp³-hybridized carbons (Fsp3) is 0.214. The molecule has 1 aromatic carbocycles. The van der Waals surface area contributed by atoms with Crippen molar-refractivity contribution in [3.8, 4) is 0 Å². The summed E-state index contributed by atoms with van der Waals surface area (Å²) in [4.78, 5) is 11.6. The number of carbonyl (C=O) groups is 1. The Morgan fingerprint density at radius 3 is 2.67 bits per heavy atom. The van der Waals surface area contributed by atoms with Crippen LogP contribution in [0.4, 0.5) is 5.69 Å². The van der Waals surface area contributed by atoms with Crippen molar-refractivity contribution < 1.29 is 9.53 Å². The molecule has 0 radical (unpaired) electrons. The number of aromatic nitrogens is 1. The molecule has 0 saturated heterocycles.